The van der Waals surface area contributed by atoms with Gasteiger partial charge in [0, 0.05) is 26.8 Å². The second-order valence-electron chi connectivity index (χ2n) is 4.49. The molecule has 0 bridgehead atoms. The van der Waals surface area contributed by atoms with Crippen LogP contribution in [-0.4, -0.2) is 31.9 Å². The summed E-state index contributed by atoms with van der Waals surface area (Å²) in [6, 6.07) is 0. The Kier molecular flexibility index (Phi) is 7.51. The highest BCUT2D eigenvalue weighted by Gasteiger charge is 2.12. The standard InChI is InChI=1S/C12H24N2OS/c1-15-9-5-8-13-12(16)14-10-11-6-3-2-4-7-11/h11H,2-10H2,1H3,(H2,13,14,16). The van der Waals surface area contributed by atoms with Crippen molar-refractivity contribution in [1.29, 1.82) is 0 Å². The van der Waals surface area contributed by atoms with Crippen molar-refractivity contribution in [2.45, 2.75) is 38.5 Å². The third kappa shape index (κ3) is 6.28. The zero-order valence-corrected chi connectivity index (χ0v) is 11.1. The number of hydrogen-bond donors (Lipinski definition) is 2. The third-order valence-corrected chi connectivity index (χ3v) is 3.38. The van der Waals surface area contributed by atoms with E-state index in [4.69, 9.17) is 17.0 Å². The summed E-state index contributed by atoms with van der Waals surface area (Å²) in [7, 11) is 1.72. The molecule has 16 heavy (non-hydrogen) atoms. The van der Waals surface area contributed by atoms with Crippen LogP contribution in [0.25, 0.3) is 0 Å². The monoisotopic (exact) mass is 244 g/mol. The molecule has 0 amide bonds. The quantitative estimate of drug-likeness (QED) is 0.553. The van der Waals surface area contributed by atoms with Crippen molar-refractivity contribution < 1.29 is 4.74 Å². The molecule has 0 aromatic carbocycles. The highest BCUT2D eigenvalue weighted by Crippen LogP contribution is 2.22. The minimum atomic E-state index is 0.790. The second-order valence-corrected chi connectivity index (χ2v) is 4.90. The maximum atomic E-state index is 5.21. The van der Waals surface area contributed by atoms with Crippen LogP contribution in [0.4, 0.5) is 0 Å². The van der Waals surface area contributed by atoms with Gasteiger partial charge in [-0.15, -0.1) is 0 Å². The molecule has 1 aliphatic rings. The summed E-state index contributed by atoms with van der Waals surface area (Å²) in [4.78, 5) is 0. The molecule has 0 unspecified atom stereocenters. The lowest BCUT2D eigenvalue weighted by molar-refractivity contribution is 0.195. The Hall–Kier alpha value is -0.350. The first-order valence-corrected chi connectivity index (χ1v) is 6.74. The van der Waals surface area contributed by atoms with Crippen LogP contribution >= 0.6 is 12.2 Å². The number of ether oxygens (including phenoxy) is 1. The number of hydrogen-bond acceptors (Lipinski definition) is 2. The fourth-order valence-electron chi connectivity index (χ4n) is 2.11. The summed E-state index contributed by atoms with van der Waals surface area (Å²) in [5, 5.41) is 7.30. The van der Waals surface area contributed by atoms with Crippen LogP contribution in [0.2, 0.25) is 0 Å². The average molecular weight is 244 g/mol. The normalized spacial score (nSPS) is 17.1. The molecule has 0 spiro atoms. The summed E-state index contributed by atoms with van der Waals surface area (Å²) >= 11 is 5.21. The van der Waals surface area contributed by atoms with E-state index in [2.05, 4.69) is 10.6 Å². The predicted molar refractivity (Wildman–Crippen MR) is 71.7 cm³/mol. The van der Waals surface area contributed by atoms with Gasteiger partial charge in [-0.25, -0.2) is 0 Å². The Morgan fingerprint density at radius 1 is 1.25 bits per heavy atom. The molecule has 0 aromatic rings. The topological polar surface area (TPSA) is 33.3 Å². The Morgan fingerprint density at radius 2 is 2.00 bits per heavy atom. The SMILES string of the molecule is COCCCNC(=S)NCC1CCCCC1. The van der Waals surface area contributed by atoms with Gasteiger partial charge in [0.1, 0.15) is 0 Å². The van der Waals surface area contributed by atoms with Crippen molar-refractivity contribution in [3.05, 3.63) is 0 Å². The van der Waals surface area contributed by atoms with Gasteiger partial charge in [0.25, 0.3) is 0 Å². The molecular formula is C12H24N2OS. The van der Waals surface area contributed by atoms with Gasteiger partial charge < -0.3 is 15.4 Å². The highest BCUT2D eigenvalue weighted by atomic mass is 32.1. The Bertz CT molecular complexity index is 193. The molecule has 1 saturated carbocycles. The van der Waals surface area contributed by atoms with Gasteiger partial charge in [-0.1, -0.05) is 19.3 Å². The molecule has 94 valence electrons. The van der Waals surface area contributed by atoms with Gasteiger partial charge in [-0.05, 0) is 37.4 Å². The summed E-state index contributed by atoms with van der Waals surface area (Å²) < 4.78 is 4.98. The van der Waals surface area contributed by atoms with Crippen LogP contribution in [0.15, 0.2) is 0 Å². The zero-order valence-electron chi connectivity index (χ0n) is 10.3. The van der Waals surface area contributed by atoms with Gasteiger partial charge in [0.2, 0.25) is 0 Å². The van der Waals surface area contributed by atoms with Crippen LogP contribution in [0.5, 0.6) is 0 Å². The second kappa shape index (κ2) is 8.76. The average Bonchev–Trinajstić information content (AvgIpc) is 2.33. The van der Waals surface area contributed by atoms with Crippen LogP contribution in [0.3, 0.4) is 0 Å². The molecule has 0 saturated heterocycles. The first kappa shape index (κ1) is 13.7. The van der Waals surface area contributed by atoms with E-state index in [1.165, 1.54) is 32.1 Å². The maximum Gasteiger partial charge on any atom is 0.166 e. The van der Waals surface area contributed by atoms with Crippen LogP contribution in [0, 0.1) is 5.92 Å². The lowest BCUT2D eigenvalue weighted by atomic mass is 9.89. The van der Waals surface area contributed by atoms with Crippen molar-refractivity contribution in [1.82, 2.24) is 10.6 Å². The van der Waals surface area contributed by atoms with Gasteiger partial charge >= 0.3 is 0 Å². The molecular weight excluding hydrogens is 220 g/mol. The molecule has 0 aromatic heterocycles. The van der Waals surface area contributed by atoms with E-state index in [1.54, 1.807) is 7.11 Å². The summed E-state index contributed by atoms with van der Waals surface area (Å²) in [6.45, 7) is 2.72. The molecule has 2 N–H and O–H groups in total. The van der Waals surface area contributed by atoms with Crippen molar-refractivity contribution >= 4 is 17.3 Å². The lowest BCUT2D eigenvalue weighted by Gasteiger charge is -2.22. The van der Waals surface area contributed by atoms with Crippen molar-refractivity contribution in [2.75, 3.05) is 26.8 Å². The Morgan fingerprint density at radius 3 is 2.69 bits per heavy atom. The first-order chi connectivity index (χ1) is 7.83. The summed E-state index contributed by atoms with van der Waals surface area (Å²) in [5.74, 6) is 0.826. The molecule has 0 heterocycles. The summed E-state index contributed by atoms with van der Waals surface area (Å²) in [6.07, 6.45) is 7.91. The van der Waals surface area contributed by atoms with Crippen LogP contribution < -0.4 is 10.6 Å². The van der Waals surface area contributed by atoms with E-state index < -0.39 is 0 Å². The van der Waals surface area contributed by atoms with E-state index in [0.29, 0.717) is 0 Å². The molecule has 0 atom stereocenters. The molecule has 0 radical (unpaired) electrons. The molecule has 1 aliphatic carbocycles. The lowest BCUT2D eigenvalue weighted by Crippen LogP contribution is -2.39. The third-order valence-electron chi connectivity index (χ3n) is 3.09. The van der Waals surface area contributed by atoms with Crippen molar-refractivity contribution in [3.8, 4) is 0 Å². The Balaban J connectivity index is 1.96. The maximum absolute atomic E-state index is 5.21. The fourth-order valence-corrected chi connectivity index (χ4v) is 2.29. The number of thiocarbonyl (C=S) groups is 1. The fraction of sp³-hybridized carbons (Fsp3) is 0.917. The van der Waals surface area contributed by atoms with Gasteiger partial charge in [-0.2, -0.15) is 0 Å². The molecule has 0 aliphatic heterocycles. The van der Waals surface area contributed by atoms with Crippen LogP contribution in [0.1, 0.15) is 38.5 Å². The first-order valence-electron chi connectivity index (χ1n) is 6.33. The number of nitrogens with one attached hydrogen (secondary N) is 2. The smallest absolute Gasteiger partial charge is 0.166 e. The minimum Gasteiger partial charge on any atom is -0.385 e. The largest absolute Gasteiger partial charge is 0.385 e. The van der Waals surface area contributed by atoms with Crippen molar-refractivity contribution in [2.24, 2.45) is 5.92 Å². The molecule has 4 heteroatoms. The highest BCUT2D eigenvalue weighted by molar-refractivity contribution is 7.80. The van der Waals surface area contributed by atoms with E-state index in [1.807, 2.05) is 0 Å². The van der Waals surface area contributed by atoms with E-state index in [-0.39, 0.29) is 0 Å². The molecule has 1 fully saturated rings. The molecule has 1 rings (SSSR count). The van der Waals surface area contributed by atoms with E-state index >= 15 is 0 Å². The van der Waals surface area contributed by atoms with E-state index in [9.17, 15) is 0 Å². The number of rotatable bonds is 6. The van der Waals surface area contributed by atoms with Gasteiger partial charge in [0.15, 0.2) is 5.11 Å². The van der Waals surface area contributed by atoms with Gasteiger partial charge in [0.05, 0.1) is 0 Å². The number of methoxy groups -OCH3 is 1. The summed E-state index contributed by atoms with van der Waals surface area (Å²) in [5.41, 5.74) is 0. The van der Waals surface area contributed by atoms with Crippen LogP contribution in [-0.2, 0) is 4.74 Å². The zero-order chi connectivity index (χ0) is 11.6. The Labute approximate surface area is 104 Å². The molecule has 3 nitrogen and oxygen atoms in total. The minimum absolute atomic E-state index is 0.790. The van der Waals surface area contributed by atoms with Gasteiger partial charge in [-0.3, -0.25) is 0 Å². The van der Waals surface area contributed by atoms with E-state index in [0.717, 1.165) is 37.1 Å². The van der Waals surface area contributed by atoms with Crippen molar-refractivity contribution in [3.63, 3.8) is 0 Å². The predicted octanol–water partition coefficient (Wildman–Crippen LogP) is 2.07.